The molecule has 2 aromatic rings. The summed E-state index contributed by atoms with van der Waals surface area (Å²) < 4.78 is 5.54. The number of rotatable bonds is 7. The van der Waals surface area contributed by atoms with E-state index in [0.29, 0.717) is 0 Å². The van der Waals surface area contributed by atoms with Crippen molar-refractivity contribution in [1.29, 1.82) is 0 Å². The Balaban J connectivity index is 2.24. The molecule has 0 aliphatic carbocycles. The van der Waals surface area contributed by atoms with Gasteiger partial charge in [-0.3, -0.25) is 4.79 Å². The van der Waals surface area contributed by atoms with Gasteiger partial charge >= 0.3 is 0 Å². The molecule has 0 N–H and O–H groups in total. The van der Waals surface area contributed by atoms with E-state index < -0.39 is 6.10 Å². The Kier molecular flexibility index (Phi) is 6.94. The predicted octanol–water partition coefficient (Wildman–Crippen LogP) is 4.39. The molecule has 0 saturated heterocycles. The highest BCUT2D eigenvalue weighted by molar-refractivity contribution is 5.67. The molecule has 2 nitrogen and oxygen atoms in total. The zero-order valence-electron chi connectivity index (χ0n) is 13.4. The zero-order valence-corrected chi connectivity index (χ0v) is 13.4. The van der Waals surface area contributed by atoms with Crippen LogP contribution in [0.15, 0.2) is 60.7 Å². The van der Waals surface area contributed by atoms with Crippen LogP contribution in [0.25, 0.3) is 0 Å². The van der Waals surface area contributed by atoms with Crippen LogP contribution in [0.5, 0.6) is 0 Å². The molecule has 0 spiro atoms. The second kappa shape index (κ2) is 9.48. The molecule has 117 valence electrons. The monoisotopic (exact) mass is 305 g/mol. The van der Waals surface area contributed by atoms with Crippen molar-refractivity contribution in [3.63, 3.8) is 0 Å². The largest absolute Gasteiger partial charge is 0.434 e. The summed E-state index contributed by atoms with van der Waals surface area (Å²) in [6.45, 7) is 2.12. The maximum atomic E-state index is 11.6. The van der Waals surface area contributed by atoms with Crippen molar-refractivity contribution >= 4 is 6.29 Å². The number of carbonyl (C=O) groups excluding carboxylic acids is 1. The normalized spacial score (nSPS) is 11.4. The van der Waals surface area contributed by atoms with Crippen LogP contribution >= 0.6 is 0 Å². The first kappa shape index (κ1) is 16.8. The lowest BCUT2D eigenvalue weighted by Gasteiger charge is -2.21. The van der Waals surface area contributed by atoms with Gasteiger partial charge in [-0.2, -0.15) is 0 Å². The number of hydrogen-bond acceptors (Lipinski definition) is 2. The van der Waals surface area contributed by atoms with Crippen LogP contribution in [-0.4, -0.2) is 12.4 Å². The third kappa shape index (κ3) is 5.00. The molecule has 0 fully saturated rings. The third-order valence-corrected chi connectivity index (χ3v) is 3.49. The second-order valence-electron chi connectivity index (χ2n) is 5.20. The lowest BCUT2D eigenvalue weighted by atomic mass is 9.87. The number of carbonyl (C=O) groups is 1. The van der Waals surface area contributed by atoms with Crippen LogP contribution in [0, 0.1) is 17.9 Å². The van der Waals surface area contributed by atoms with Crippen LogP contribution < -0.4 is 0 Å². The third-order valence-electron chi connectivity index (χ3n) is 3.49. The molecule has 1 unspecified atom stereocenters. The van der Waals surface area contributed by atoms with Crippen molar-refractivity contribution in [2.45, 2.75) is 32.3 Å². The summed E-state index contributed by atoms with van der Waals surface area (Å²) in [6, 6.07) is 19.6. The minimum Gasteiger partial charge on any atom is -0.434 e. The van der Waals surface area contributed by atoms with Crippen LogP contribution in [-0.2, 0) is 9.53 Å². The Morgan fingerprint density at radius 1 is 1.04 bits per heavy atom. The smallest absolute Gasteiger partial charge is 0.180 e. The van der Waals surface area contributed by atoms with Gasteiger partial charge in [0.05, 0.1) is 5.92 Å². The Bertz CT molecular complexity index is 598. The predicted molar refractivity (Wildman–Crippen MR) is 92.6 cm³/mol. The zero-order chi connectivity index (χ0) is 16.3. The van der Waals surface area contributed by atoms with E-state index in [1.807, 2.05) is 60.7 Å². The summed E-state index contributed by atoms with van der Waals surface area (Å²) in [7, 11) is 0. The highest BCUT2D eigenvalue weighted by atomic mass is 16.5. The van der Waals surface area contributed by atoms with Gasteiger partial charge in [0, 0.05) is 6.42 Å². The van der Waals surface area contributed by atoms with E-state index in [1.165, 1.54) is 0 Å². The Morgan fingerprint density at radius 3 is 2.09 bits per heavy atom. The average molecular weight is 305 g/mol. The minimum absolute atomic E-state index is 0.700. The van der Waals surface area contributed by atoms with Gasteiger partial charge in [-0.05, 0) is 17.5 Å². The van der Waals surface area contributed by atoms with E-state index in [1.54, 1.807) is 0 Å². The van der Waals surface area contributed by atoms with Crippen molar-refractivity contribution in [1.82, 2.24) is 0 Å². The molecule has 1 atom stereocenters. The first-order valence-corrected chi connectivity index (χ1v) is 7.93. The first-order valence-electron chi connectivity index (χ1n) is 7.93. The molecule has 0 bridgehead atoms. The fourth-order valence-corrected chi connectivity index (χ4v) is 2.31. The summed E-state index contributed by atoms with van der Waals surface area (Å²) in [5, 5.41) is 0. The van der Waals surface area contributed by atoms with Gasteiger partial charge in [-0.1, -0.05) is 79.9 Å². The quantitative estimate of drug-likeness (QED) is 0.431. The van der Waals surface area contributed by atoms with Crippen LogP contribution in [0.2, 0.25) is 0 Å². The minimum atomic E-state index is -0.700. The SMILES string of the molecule is CCCCC#COC(C=O)[C](c1ccccc1)c1ccccc1. The van der Waals surface area contributed by atoms with Gasteiger partial charge in [-0.25, -0.2) is 0 Å². The molecule has 2 heteroatoms. The van der Waals surface area contributed by atoms with E-state index in [0.717, 1.165) is 42.6 Å². The Hall–Kier alpha value is -2.53. The standard InChI is InChI=1S/C21H21O2/c1-2-3-4-11-16-23-20(17-22)21(18-12-7-5-8-13-18)19-14-9-6-10-15-19/h5-10,12-15,17,20H,2-4H2,1H3. The van der Waals surface area contributed by atoms with Crippen molar-refractivity contribution in [3.8, 4) is 12.0 Å². The summed E-state index contributed by atoms with van der Waals surface area (Å²) in [4.78, 5) is 11.6. The molecule has 0 aromatic heterocycles. The molecule has 0 saturated carbocycles. The van der Waals surface area contributed by atoms with Crippen molar-refractivity contribution < 1.29 is 9.53 Å². The van der Waals surface area contributed by atoms with E-state index in [9.17, 15) is 4.79 Å². The van der Waals surface area contributed by atoms with Gasteiger partial charge < -0.3 is 4.74 Å². The second-order valence-corrected chi connectivity index (χ2v) is 5.20. The molecule has 0 heterocycles. The average Bonchev–Trinajstić information content (AvgIpc) is 2.62. The Morgan fingerprint density at radius 2 is 1.61 bits per heavy atom. The van der Waals surface area contributed by atoms with Gasteiger partial charge in [0.1, 0.15) is 6.11 Å². The number of benzene rings is 2. The van der Waals surface area contributed by atoms with E-state index in [2.05, 4.69) is 19.0 Å². The number of hydrogen-bond donors (Lipinski definition) is 0. The summed E-state index contributed by atoms with van der Waals surface area (Å²) >= 11 is 0. The van der Waals surface area contributed by atoms with E-state index >= 15 is 0 Å². The summed E-state index contributed by atoms with van der Waals surface area (Å²) in [5.41, 5.74) is 1.93. The molecular formula is C21H21O2. The van der Waals surface area contributed by atoms with E-state index in [4.69, 9.17) is 4.74 Å². The fraction of sp³-hybridized carbons (Fsp3) is 0.238. The van der Waals surface area contributed by atoms with Crippen LogP contribution in [0.3, 0.4) is 0 Å². The van der Waals surface area contributed by atoms with Crippen LogP contribution in [0.4, 0.5) is 0 Å². The van der Waals surface area contributed by atoms with Crippen molar-refractivity contribution in [3.05, 3.63) is 77.7 Å². The lowest BCUT2D eigenvalue weighted by molar-refractivity contribution is -0.113. The van der Waals surface area contributed by atoms with Crippen molar-refractivity contribution in [2.24, 2.45) is 0 Å². The van der Waals surface area contributed by atoms with Crippen molar-refractivity contribution in [2.75, 3.05) is 0 Å². The molecule has 0 amide bonds. The highest BCUT2D eigenvalue weighted by Crippen LogP contribution is 2.27. The van der Waals surface area contributed by atoms with Gasteiger partial charge in [0.25, 0.3) is 0 Å². The molecule has 0 aliphatic rings. The molecule has 2 aromatic carbocycles. The van der Waals surface area contributed by atoms with Gasteiger partial charge in [0.15, 0.2) is 12.4 Å². The highest BCUT2D eigenvalue weighted by Gasteiger charge is 2.26. The number of unbranched alkanes of at least 4 members (excludes halogenated alkanes) is 2. The number of ether oxygens (including phenoxy) is 1. The molecular weight excluding hydrogens is 284 g/mol. The molecule has 1 radical (unpaired) electrons. The van der Waals surface area contributed by atoms with Gasteiger partial charge in [-0.15, -0.1) is 0 Å². The maximum Gasteiger partial charge on any atom is 0.180 e. The summed E-state index contributed by atoms with van der Waals surface area (Å²) in [6.07, 6.45) is 5.72. The lowest BCUT2D eigenvalue weighted by Crippen LogP contribution is -2.24. The Labute approximate surface area is 138 Å². The van der Waals surface area contributed by atoms with E-state index in [-0.39, 0.29) is 0 Å². The molecule has 0 aliphatic heterocycles. The number of aldehydes is 1. The first-order chi connectivity index (χ1) is 11.4. The van der Waals surface area contributed by atoms with Gasteiger partial charge in [0.2, 0.25) is 0 Å². The molecule has 2 rings (SSSR count). The molecule has 23 heavy (non-hydrogen) atoms. The maximum absolute atomic E-state index is 11.6. The van der Waals surface area contributed by atoms with Crippen LogP contribution in [0.1, 0.15) is 37.3 Å². The fourth-order valence-electron chi connectivity index (χ4n) is 2.31. The topological polar surface area (TPSA) is 26.3 Å². The summed E-state index contributed by atoms with van der Waals surface area (Å²) in [5.74, 6) is 3.80.